The van der Waals surface area contributed by atoms with Gasteiger partial charge in [0, 0.05) is 6.61 Å². The molecule has 0 bridgehead atoms. The molecule has 2 rings (SSSR count). The van der Waals surface area contributed by atoms with Crippen molar-refractivity contribution in [2.75, 3.05) is 6.61 Å². The molecule has 0 saturated heterocycles. The Balaban J connectivity index is 1.83. The molecule has 0 heterocycles. The molecule has 1 aliphatic carbocycles. The van der Waals surface area contributed by atoms with Gasteiger partial charge >= 0.3 is 0 Å². The summed E-state index contributed by atoms with van der Waals surface area (Å²) in [4.78, 5) is 0. The lowest BCUT2D eigenvalue weighted by atomic mass is 9.84. The quantitative estimate of drug-likeness (QED) is 0.659. The van der Waals surface area contributed by atoms with E-state index < -0.39 is 0 Å². The Bertz CT molecular complexity index is 329. The molecule has 1 aliphatic rings. The van der Waals surface area contributed by atoms with Gasteiger partial charge in [-0.3, -0.25) is 0 Å². The van der Waals surface area contributed by atoms with Gasteiger partial charge in [0.1, 0.15) is 0 Å². The Labute approximate surface area is 112 Å². The molecule has 0 N–H and O–H groups in total. The van der Waals surface area contributed by atoms with E-state index in [2.05, 4.69) is 44.2 Å². The first-order valence-electron chi connectivity index (χ1n) is 7.29. The van der Waals surface area contributed by atoms with Gasteiger partial charge in [-0.05, 0) is 43.1 Å². The van der Waals surface area contributed by atoms with Gasteiger partial charge in [-0.25, -0.2) is 0 Å². The van der Waals surface area contributed by atoms with Gasteiger partial charge in [0.2, 0.25) is 0 Å². The summed E-state index contributed by atoms with van der Waals surface area (Å²) in [6.45, 7) is 5.53. The monoisotopic (exact) mass is 245 g/mol. The topological polar surface area (TPSA) is 9.23 Å². The lowest BCUT2D eigenvalue weighted by Gasteiger charge is -2.22. The maximum absolute atomic E-state index is 5.79. The lowest BCUT2D eigenvalue weighted by Crippen LogP contribution is -2.14. The molecule has 1 radical (unpaired) electrons. The molecule has 1 unspecified atom stereocenters. The highest BCUT2D eigenvalue weighted by Crippen LogP contribution is 2.28. The summed E-state index contributed by atoms with van der Waals surface area (Å²) in [5.41, 5.74) is 1.43. The third kappa shape index (κ3) is 4.45. The molecule has 1 heteroatoms. The van der Waals surface area contributed by atoms with E-state index in [1.807, 2.05) is 0 Å². The molecule has 0 spiro atoms. The maximum Gasteiger partial charge on any atom is 0.0577 e. The fourth-order valence-electron chi connectivity index (χ4n) is 2.25. The standard InChI is InChI=1S/C17H25O/c1-3-14(2)16(11-12-18-17-9-10-17)13-15-7-5-4-6-8-15/h4-8,14,17H,3,9-13H2,1-2H3. The Morgan fingerprint density at radius 1 is 1.28 bits per heavy atom. The van der Waals surface area contributed by atoms with Crippen molar-refractivity contribution in [3.05, 3.63) is 41.8 Å². The summed E-state index contributed by atoms with van der Waals surface area (Å²) in [5, 5.41) is 0. The van der Waals surface area contributed by atoms with Crippen LogP contribution in [0.4, 0.5) is 0 Å². The molecule has 1 fully saturated rings. The summed E-state index contributed by atoms with van der Waals surface area (Å²) in [5.74, 6) is 2.34. The van der Waals surface area contributed by atoms with Crippen LogP contribution in [0.5, 0.6) is 0 Å². The van der Waals surface area contributed by atoms with E-state index in [0.717, 1.165) is 19.4 Å². The number of benzene rings is 1. The van der Waals surface area contributed by atoms with Gasteiger partial charge in [-0.1, -0.05) is 50.6 Å². The summed E-state index contributed by atoms with van der Waals surface area (Å²) >= 11 is 0. The fraction of sp³-hybridized carbons (Fsp3) is 0.588. The van der Waals surface area contributed by atoms with Crippen LogP contribution in [0, 0.1) is 11.8 Å². The van der Waals surface area contributed by atoms with Crippen LogP contribution in [0.2, 0.25) is 0 Å². The van der Waals surface area contributed by atoms with E-state index in [4.69, 9.17) is 4.74 Å². The second-order valence-electron chi connectivity index (χ2n) is 5.45. The van der Waals surface area contributed by atoms with E-state index in [-0.39, 0.29) is 0 Å². The minimum atomic E-state index is 0.583. The van der Waals surface area contributed by atoms with Gasteiger partial charge in [0.25, 0.3) is 0 Å². The van der Waals surface area contributed by atoms with Crippen molar-refractivity contribution in [2.45, 2.75) is 52.1 Å². The first kappa shape index (κ1) is 13.6. The molecule has 1 nitrogen and oxygen atoms in total. The van der Waals surface area contributed by atoms with Crippen molar-refractivity contribution in [2.24, 2.45) is 5.92 Å². The van der Waals surface area contributed by atoms with Crippen molar-refractivity contribution in [3.63, 3.8) is 0 Å². The van der Waals surface area contributed by atoms with Crippen molar-refractivity contribution in [1.82, 2.24) is 0 Å². The molecule has 1 aromatic carbocycles. The predicted octanol–water partition coefficient (Wildman–Crippen LogP) is 4.42. The van der Waals surface area contributed by atoms with Gasteiger partial charge < -0.3 is 4.74 Å². The van der Waals surface area contributed by atoms with Gasteiger partial charge in [-0.15, -0.1) is 0 Å². The van der Waals surface area contributed by atoms with Gasteiger partial charge in [0.15, 0.2) is 0 Å². The van der Waals surface area contributed by atoms with Crippen LogP contribution in [0.25, 0.3) is 0 Å². The Hall–Kier alpha value is -0.820. The summed E-state index contributed by atoms with van der Waals surface area (Å²) < 4.78 is 5.79. The highest BCUT2D eigenvalue weighted by atomic mass is 16.5. The molecule has 1 saturated carbocycles. The van der Waals surface area contributed by atoms with Crippen molar-refractivity contribution in [1.29, 1.82) is 0 Å². The van der Waals surface area contributed by atoms with E-state index in [1.54, 1.807) is 5.92 Å². The highest BCUT2D eigenvalue weighted by Gasteiger charge is 2.23. The number of hydrogen-bond donors (Lipinski definition) is 0. The molecule has 99 valence electrons. The van der Waals surface area contributed by atoms with Crippen LogP contribution in [0.1, 0.15) is 45.1 Å². The molecular weight excluding hydrogens is 220 g/mol. The van der Waals surface area contributed by atoms with Gasteiger partial charge in [0.05, 0.1) is 6.10 Å². The zero-order valence-corrected chi connectivity index (χ0v) is 11.7. The molecule has 0 aliphatic heterocycles. The van der Waals surface area contributed by atoms with E-state index in [9.17, 15) is 0 Å². The molecule has 1 aromatic rings. The smallest absolute Gasteiger partial charge is 0.0577 e. The van der Waals surface area contributed by atoms with E-state index in [0.29, 0.717) is 12.0 Å². The number of rotatable bonds is 8. The van der Waals surface area contributed by atoms with Crippen LogP contribution < -0.4 is 0 Å². The van der Waals surface area contributed by atoms with Crippen LogP contribution in [0.3, 0.4) is 0 Å². The van der Waals surface area contributed by atoms with Crippen molar-refractivity contribution >= 4 is 0 Å². The van der Waals surface area contributed by atoms with Crippen LogP contribution in [-0.4, -0.2) is 12.7 Å². The number of hydrogen-bond acceptors (Lipinski definition) is 1. The fourth-order valence-corrected chi connectivity index (χ4v) is 2.25. The normalized spacial score (nSPS) is 17.1. The summed E-state index contributed by atoms with van der Waals surface area (Å²) in [6.07, 6.45) is 6.60. The summed E-state index contributed by atoms with van der Waals surface area (Å²) in [7, 11) is 0. The first-order valence-corrected chi connectivity index (χ1v) is 7.29. The molecule has 18 heavy (non-hydrogen) atoms. The highest BCUT2D eigenvalue weighted by molar-refractivity contribution is 5.19. The minimum Gasteiger partial charge on any atom is -0.378 e. The average Bonchev–Trinajstić information content (AvgIpc) is 3.22. The van der Waals surface area contributed by atoms with Crippen LogP contribution in [-0.2, 0) is 11.2 Å². The van der Waals surface area contributed by atoms with Crippen LogP contribution >= 0.6 is 0 Å². The molecule has 0 aromatic heterocycles. The average molecular weight is 245 g/mol. The van der Waals surface area contributed by atoms with E-state index in [1.165, 1.54) is 24.8 Å². The number of ether oxygens (including phenoxy) is 1. The van der Waals surface area contributed by atoms with Crippen molar-refractivity contribution < 1.29 is 4.74 Å². The predicted molar refractivity (Wildman–Crippen MR) is 76.4 cm³/mol. The minimum absolute atomic E-state index is 0.583. The SMILES string of the molecule is CCC(C)[C](CCOC1CC1)Cc1ccccc1. The zero-order chi connectivity index (χ0) is 12.8. The van der Waals surface area contributed by atoms with E-state index >= 15 is 0 Å². The molecule has 0 amide bonds. The second-order valence-corrected chi connectivity index (χ2v) is 5.45. The van der Waals surface area contributed by atoms with Gasteiger partial charge in [-0.2, -0.15) is 0 Å². The molecular formula is C17H25O. The third-order valence-corrected chi connectivity index (χ3v) is 3.88. The Morgan fingerprint density at radius 3 is 2.61 bits per heavy atom. The summed E-state index contributed by atoms with van der Waals surface area (Å²) in [6, 6.07) is 10.8. The Kier molecular flexibility index (Phi) is 5.25. The van der Waals surface area contributed by atoms with Crippen LogP contribution in [0.15, 0.2) is 30.3 Å². The largest absolute Gasteiger partial charge is 0.378 e. The maximum atomic E-state index is 5.79. The Morgan fingerprint density at radius 2 is 2.00 bits per heavy atom. The first-order chi connectivity index (χ1) is 8.79. The lowest BCUT2D eigenvalue weighted by molar-refractivity contribution is 0.116. The molecule has 1 atom stereocenters. The zero-order valence-electron chi connectivity index (χ0n) is 11.7. The second kappa shape index (κ2) is 6.94. The van der Waals surface area contributed by atoms with Crippen molar-refractivity contribution in [3.8, 4) is 0 Å². The third-order valence-electron chi connectivity index (χ3n) is 3.88.